The van der Waals surface area contributed by atoms with Crippen molar-refractivity contribution < 1.29 is 4.52 Å². The van der Waals surface area contributed by atoms with Crippen LogP contribution in [0.4, 0.5) is 0 Å². The van der Waals surface area contributed by atoms with E-state index in [0.29, 0.717) is 30.2 Å². The molecule has 24 heavy (non-hydrogen) atoms. The summed E-state index contributed by atoms with van der Waals surface area (Å²) in [7, 11) is 1.80. The van der Waals surface area contributed by atoms with Crippen molar-refractivity contribution in [1.82, 2.24) is 29.9 Å². The highest BCUT2D eigenvalue weighted by atomic mass is 127. The van der Waals surface area contributed by atoms with Gasteiger partial charge in [-0.25, -0.2) is 4.98 Å². The van der Waals surface area contributed by atoms with E-state index in [4.69, 9.17) is 4.52 Å². The molecule has 3 heterocycles. The van der Waals surface area contributed by atoms with Crippen molar-refractivity contribution in [3.05, 3.63) is 30.4 Å². The van der Waals surface area contributed by atoms with Crippen LogP contribution in [0.25, 0.3) is 0 Å². The predicted octanol–water partition coefficient (Wildman–Crippen LogP) is 1.85. The van der Waals surface area contributed by atoms with E-state index in [9.17, 15) is 0 Å². The normalized spacial score (nSPS) is 21.5. The van der Waals surface area contributed by atoms with E-state index in [1.54, 1.807) is 7.05 Å². The highest BCUT2D eigenvalue weighted by Crippen LogP contribution is 2.27. The Bertz CT molecular complexity index is 655. The minimum atomic E-state index is 0. The van der Waals surface area contributed by atoms with Crippen LogP contribution in [0.1, 0.15) is 31.1 Å². The first-order valence-corrected chi connectivity index (χ1v) is 7.89. The number of rotatable bonds is 3. The molecule has 9 heteroatoms. The minimum absolute atomic E-state index is 0. The zero-order valence-electron chi connectivity index (χ0n) is 14.2. The van der Waals surface area contributed by atoms with Gasteiger partial charge in [-0.3, -0.25) is 4.99 Å². The lowest BCUT2D eigenvalue weighted by molar-refractivity contribution is 0.188. The molecule has 3 rings (SSSR count). The molecule has 2 aromatic heterocycles. The zero-order chi connectivity index (χ0) is 16.2. The highest BCUT2D eigenvalue weighted by molar-refractivity contribution is 14.0. The molecule has 1 saturated heterocycles. The van der Waals surface area contributed by atoms with E-state index in [0.717, 1.165) is 25.5 Å². The fraction of sp³-hybridized carbons (Fsp3) is 0.600. The van der Waals surface area contributed by atoms with Gasteiger partial charge in [-0.15, -0.1) is 24.0 Å². The van der Waals surface area contributed by atoms with Crippen molar-refractivity contribution in [2.45, 2.75) is 32.9 Å². The quantitative estimate of drug-likeness (QED) is 0.441. The van der Waals surface area contributed by atoms with Gasteiger partial charge < -0.3 is 19.3 Å². The second-order valence-electron chi connectivity index (χ2n) is 5.93. The summed E-state index contributed by atoms with van der Waals surface area (Å²) in [5, 5.41) is 7.10. The molecule has 2 aromatic rings. The third kappa shape index (κ3) is 4.25. The van der Waals surface area contributed by atoms with Gasteiger partial charge in [0.1, 0.15) is 0 Å². The molecule has 0 saturated carbocycles. The zero-order valence-corrected chi connectivity index (χ0v) is 16.5. The maximum Gasteiger partial charge on any atom is 0.246 e. The molecule has 1 aliphatic heterocycles. The average molecular weight is 445 g/mol. The number of hydrogen-bond donors (Lipinski definition) is 1. The standard InChI is InChI=1S/C15H23N7O.HI/c1-11-4-6-21(9-13(11)22-7-5-17-10-22)15(16-3)18-8-14-19-12(2)20-23-14;/h5,7,10-11,13H,4,6,8-9H2,1-3H3,(H,16,18);1H. The van der Waals surface area contributed by atoms with Crippen LogP contribution in [-0.4, -0.2) is 50.7 Å². The Kier molecular flexibility index (Phi) is 6.58. The summed E-state index contributed by atoms with van der Waals surface area (Å²) in [4.78, 5) is 15.0. The van der Waals surface area contributed by atoms with Crippen LogP contribution >= 0.6 is 24.0 Å². The maximum atomic E-state index is 5.13. The number of likely N-dealkylation sites (tertiary alicyclic amines) is 1. The molecule has 0 amide bonds. The first-order valence-electron chi connectivity index (χ1n) is 7.89. The molecule has 1 aliphatic rings. The number of aryl methyl sites for hydroxylation is 1. The Balaban J connectivity index is 0.00000208. The second kappa shape index (κ2) is 8.45. The van der Waals surface area contributed by atoms with Gasteiger partial charge in [0.15, 0.2) is 11.8 Å². The van der Waals surface area contributed by atoms with Crippen molar-refractivity contribution in [3.8, 4) is 0 Å². The number of hydrogen-bond acceptors (Lipinski definition) is 5. The lowest BCUT2D eigenvalue weighted by Gasteiger charge is -2.39. The van der Waals surface area contributed by atoms with E-state index in [1.165, 1.54) is 0 Å². The Labute approximate surface area is 158 Å². The van der Waals surface area contributed by atoms with Gasteiger partial charge in [0.2, 0.25) is 5.89 Å². The fourth-order valence-electron chi connectivity index (χ4n) is 2.99. The Morgan fingerprint density at radius 2 is 2.33 bits per heavy atom. The first-order chi connectivity index (χ1) is 11.2. The molecule has 0 spiro atoms. The van der Waals surface area contributed by atoms with E-state index in [1.807, 2.05) is 25.6 Å². The number of guanidine groups is 1. The lowest BCUT2D eigenvalue weighted by Crippen LogP contribution is -2.48. The van der Waals surface area contributed by atoms with E-state index < -0.39 is 0 Å². The Morgan fingerprint density at radius 3 is 2.96 bits per heavy atom. The smallest absolute Gasteiger partial charge is 0.246 e. The Hall–Kier alpha value is -1.65. The molecule has 0 aliphatic carbocycles. The van der Waals surface area contributed by atoms with Crippen LogP contribution in [0.5, 0.6) is 0 Å². The molecule has 1 fully saturated rings. The summed E-state index contributed by atoms with van der Waals surface area (Å²) in [6.45, 7) is 6.47. The van der Waals surface area contributed by atoms with Gasteiger partial charge in [-0.1, -0.05) is 12.1 Å². The molecule has 132 valence electrons. The van der Waals surface area contributed by atoms with Crippen LogP contribution in [0.2, 0.25) is 0 Å². The molecule has 2 atom stereocenters. The van der Waals surface area contributed by atoms with E-state index >= 15 is 0 Å². The van der Waals surface area contributed by atoms with Crippen LogP contribution in [-0.2, 0) is 6.54 Å². The lowest BCUT2D eigenvalue weighted by atomic mass is 9.93. The van der Waals surface area contributed by atoms with Crippen LogP contribution in [0, 0.1) is 12.8 Å². The Morgan fingerprint density at radius 1 is 1.50 bits per heavy atom. The van der Waals surface area contributed by atoms with Gasteiger partial charge >= 0.3 is 0 Å². The second-order valence-corrected chi connectivity index (χ2v) is 5.93. The number of imidazole rings is 1. The molecule has 0 radical (unpaired) electrons. The monoisotopic (exact) mass is 445 g/mol. The number of aromatic nitrogens is 4. The number of nitrogens with zero attached hydrogens (tertiary/aromatic N) is 6. The van der Waals surface area contributed by atoms with Gasteiger partial charge in [-0.05, 0) is 19.3 Å². The molecule has 1 N–H and O–H groups in total. The highest BCUT2D eigenvalue weighted by Gasteiger charge is 2.28. The predicted molar refractivity (Wildman–Crippen MR) is 101 cm³/mol. The first kappa shape index (κ1) is 18.7. The van der Waals surface area contributed by atoms with Gasteiger partial charge in [0.25, 0.3) is 0 Å². The van der Waals surface area contributed by atoms with E-state index in [2.05, 4.69) is 41.8 Å². The summed E-state index contributed by atoms with van der Waals surface area (Å²) in [5.74, 6) is 2.68. The number of piperidine rings is 1. The third-order valence-electron chi connectivity index (χ3n) is 4.31. The third-order valence-corrected chi connectivity index (χ3v) is 4.31. The summed E-state index contributed by atoms with van der Waals surface area (Å²) in [5.41, 5.74) is 0. The van der Waals surface area contributed by atoms with Crippen molar-refractivity contribution in [2.24, 2.45) is 10.9 Å². The maximum absolute atomic E-state index is 5.13. The van der Waals surface area contributed by atoms with Crippen molar-refractivity contribution in [3.63, 3.8) is 0 Å². The van der Waals surface area contributed by atoms with E-state index in [-0.39, 0.29) is 24.0 Å². The minimum Gasteiger partial charge on any atom is -0.347 e. The van der Waals surface area contributed by atoms with Crippen molar-refractivity contribution in [1.29, 1.82) is 0 Å². The molecule has 0 bridgehead atoms. The number of nitrogens with one attached hydrogen (secondary N) is 1. The number of aliphatic imine (C=N–C) groups is 1. The summed E-state index contributed by atoms with van der Waals surface area (Å²) < 4.78 is 7.32. The van der Waals surface area contributed by atoms with Crippen molar-refractivity contribution >= 4 is 29.9 Å². The van der Waals surface area contributed by atoms with Crippen LogP contribution in [0.15, 0.2) is 28.2 Å². The van der Waals surface area contributed by atoms with Crippen LogP contribution < -0.4 is 5.32 Å². The van der Waals surface area contributed by atoms with Gasteiger partial charge in [0.05, 0.1) is 18.9 Å². The molecular formula is C15H24IN7O. The number of halogens is 1. The van der Waals surface area contributed by atoms with Gasteiger partial charge in [-0.2, -0.15) is 4.98 Å². The topological polar surface area (TPSA) is 84.4 Å². The van der Waals surface area contributed by atoms with Crippen LogP contribution in [0.3, 0.4) is 0 Å². The molecule has 0 aromatic carbocycles. The largest absolute Gasteiger partial charge is 0.347 e. The SMILES string of the molecule is CN=C(NCc1nc(C)no1)N1CCC(C)C(n2ccnc2)C1.I. The fourth-order valence-corrected chi connectivity index (χ4v) is 2.99. The van der Waals surface area contributed by atoms with Gasteiger partial charge in [0, 0.05) is 32.5 Å². The molecule has 2 unspecified atom stereocenters. The van der Waals surface area contributed by atoms with Crippen molar-refractivity contribution in [2.75, 3.05) is 20.1 Å². The molecule has 8 nitrogen and oxygen atoms in total. The molecular weight excluding hydrogens is 421 g/mol. The summed E-state index contributed by atoms with van der Waals surface area (Å²) >= 11 is 0. The summed E-state index contributed by atoms with van der Waals surface area (Å²) in [6, 6.07) is 0.399. The summed E-state index contributed by atoms with van der Waals surface area (Å²) in [6.07, 6.45) is 6.87. The average Bonchev–Trinajstić information content (AvgIpc) is 3.21.